The molecule has 0 aliphatic carbocycles. The maximum Gasteiger partial charge on any atom is 0.417 e. The Morgan fingerprint density at radius 2 is 1.89 bits per heavy atom. The summed E-state index contributed by atoms with van der Waals surface area (Å²) in [6.45, 7) is 1.36. The van der Waals surface area contributed by atoms with E-state index in [0.29, 0.717) is 18.0 Å². The van der Waals surface area contributed by atoms with E-state index >= 15 is 0 Å². The standard InChI is InChI=1S/C18H16ClF3N2O4/c1-11-2-4-13(5-3-11)27-7-6-16(26)28-10-15(25)24-17-14(19)8-12(9-23-17)18(20,21)22/h2-5,8-9H,6-7,10H2,1H3,(H,23,24,25). The van der Waals surface area contributed by atoms with E-state index in [9.17, 15) is 22.8 Å². The molecule has 28 heavy (non-hydrogen) atoms. The first-order valence-electron chi connectivity index (χ1n) is 8.03. The lowest BCUT2D eigenvalue weighted by molar-refractivity contribution is -0.147. The maximum atomic E-state index is 12.5. The highest BCUT2D eigenvalue weighted by molar-refractivity contribution is 6.33. The van der Waals surface area contributed by atoms with Crippen LogP contribution in [-0.4, -0.2) is 30.1 Å². The monoisotopic (exact) mass is 416 g/mol. The Hall–Kier alpha value is -2.81. The number of hydrogen-bond donors (Lipinski definition) is 1. The molecule has 1 aromatic heterocycles. The number of aryl methyl sites for hydroxylation is 1. The van der Waals surface area contributed by atoms with Gasteiger partial charge in [-0.25, -0.2) is 4.98 Å². The number of carbonyl (C=O) groups excluding carboxylic acids is 2. The summed E-state index contributed by atoms with van der Waals surface area (Å²) in [7, 11) is 0. The third-order valence-electron chi connectivity index (χ3n) is 3.39. The molecule has 1 aromatic carbocycles. The quantitative estimate of drug-likeness (QED) is 0.690. The number of esters is 1. The fourth-order valence-corrected chi connectivity index (χ4v) is 2.17. The first-order chi connectivity index (χ1) is 13.1. The molecule has 2 rings (SSSR count). The van der Waals surface area contributed by atoms with E-state index in [0.717, 1.165) is 5.56 Å². The summed E-state index contributed by atoms with van der Waals surface area (Å²) < 4.78 is 47.8. The van der Waals surface area contributed by atoms with E-state index < -0.39 is 30.2 Å². The van der Waals surface area contributed by atoms with Crippen LogP contribution in [0.25, 0.3) is 0 Å². The first-order valence-corrected chi connectivity index (χ1v) is 8.40. The highest BCUT2D eigenvalue weighted by Crippen LogP contribution is 2.32. The van der Waals surface area contributed by atoms with Crippen LogP contribution < -0.4 is 10.1 Å². The number of aromatic nitrogens is 1. The fourth-order valence-electron chi connectivity index (χ4n) is 1.96. The molecular weight excluding hydrogens is 401 g/mol. The third kappa shape index (κ3) is 6.73. The summed E-state index contributed by atoms with van der Waals surface area (Å²) in [5.41, 5.74) is 0.0240. The molecule has 0 bridgehead atoms. The normalized spacial score (nSPS) is 11.0. The van der Waals surface area contributed by atoms with Crippen molar-refractivity contribution < 1.29 is 32.2 Å². The van der Waals surface area contributed by atoms with Crippen molar-refractivity contribution in [2.45, 2.75) is 19.5 Å². The number of alkyl halides is 3. The van der Waals surface area contributed by atoms with Crippen molar-refractivity contribution in [1.82, 2.24) is 4.98 Å². The second kappa shape index (κ2) is 9.41. The van der Waals surface area contributed by atoms with Crippen molar-refractivity contribution >= 4 is 29.3 Å². The predicted octanol–water partition coefficient (Wildman–Crippen LogP) is 4.01. The van der Waals surface area contributed by atoms with Gasteiger partial charge in [0.2, 0.25) is 0 Å². The van der Waals surface area contributed by atoms with Gasteiger partial charge in [0.05, 0.1) is 23.6 Å². The largest absolute Gasteiger partial charge is 0.493 e. The Bertz CT molecular complexity index is 842. The number of pyridine rings is 1. The summed E-state index contributed by atoms with van der Waals surface area (Å²) in [4.78, 5) is 26.8. The molecule has 0 spiro atoms. The average Bonchev–Trinajstić information content (AvgIpc) is 2.62. The lowest BCUT2D eigenvalue weighted by Crippen LogP contribution is -2.22. The van der Waals surface area contributed by atoms with Crippen molar-refractivity contribution in [3.63, 3.8) is 0 Å². The van der Waals surface area contributed by atoms with Gasteiger partial charge in [-0.15, -0.1) is 0 Å². The van der Waals surface area contributed by atoms with Crippen molar-refractivity contribution in [3.8, 4) is 5.75 Å². The molecule has 1 amide bonds. The van der Waals surface area contributed by atoms with E-state index in [1.54, 1.807) is 12.1 Å². The second-order valence-electron chi connectivity index (χ2n) is 5.67. The van der Waals surface area contributed by atoms with Gasteiger partial charge in [0.15, 0.2) is 12.4 Å². The predicted molar refractivity (Wildman–Crippen MR) is 95.1 cm³/mol. The zero-order chi connectivity index (χ0) is 20.7. The van der Waals surface area contributed by atoms with Crippen LogP contribution >= 0.6 is 11.6 Å². The Morgan fingerprint density at radius 1 is 1.21 bits per heavy atom. The molecule has 10 heteroatoms. The van der Waals surface area contributed by atoms with Crippen molar-refractivity contribution in [2.75, 3.05) is 18.5 Å². The summed E-state index contributed by atoms with van der Waals surface area (Å²) in [6.07, 6.45) is -4.15. The Balaban J connectivity index is 1.74. The highest BCUT2D eigenvalue weighted by atomic mass is 35.5. The number of nitrogens with zero attached hydrogens (tertiary/aromatic N) is 1. The molecule has 0 saturated carbocycles. The van der Waals surface area contributed by atoms with Crippen LogP contribution in [0.5, 0.6) is 5.75 Å². The minimum absolute atomic E-state index is 0.0653. The number of hydrogen-bond acceptors (Lipinski definition) is 5. The molecule has 1 heterocycles. The van der Waals surface area contributed by atoms with E-state index in [2.05, 4.69) is 10.3 Å². The SMILES string of the molecule is Cc1ccc(OCCC(=O)OCC(=O)Nc2ncc(C(F)(F)F)cc2Cl)cc1. The molecule has 0 aliphatic heterocycles. The summed E-state index contributed by atoms with van der Waals surface area (Å²) in [6, 6.07) is 7.87. The number of carbonyl (C=O) groups is 2. The maximum absolute atomic E-state index is 12.5. The summed E-state index contributed by atoms with van der Waals surface area (Å²) in [5, 5.41) is 1.79. The number of ether oxygens (including phenoxy) is 2. The van der Waals surface area contributed by atoms with Crippen LogP contribution in [-0.2, 0) is 20.5 Å². The van der Waals surface area contributed by atoms with Crippen molar-refractivity contribution in [2.24, 2.45) is 0 Å². The minimum Gasteiger partial charge on any atom is -0.493 e. The fraction of sp³-hybridized carbons (Fsp3) is 0.278. The summed E-state index contributed by atoms with van der Waals surface area (Å²) in [5.74, 6) is -1.13. The van der Waals surface area contributed by atoms with Crippen molar-refractivity contribution in [1.29, 1.82) is 0 Å². The van der Waals surface area contributed by atoms with Gasteiger partial charge < -0.3 is 14.8 Å². The topological polar surface area (TPSA) is 77.5 Å². The molecule has 0 saturated heterocycles. The smallest absolute Gasteiger partial charge is 0.417 e. The number of amides is 1. The average molecular weight is 417 g/mol. The number of halogens is 4. The Kier molecular flexibility index (Phi) is 7.22. The molecule has 0 unspecified atom stereocenters. The molecule has 0 atom stereocenters. The molecule has 0 aliphatic rings. The highest BCUT2D eigenvalue weighted by Gasteiger charge is 2.31. The van der Waals surface area contributed by atoms with Gasteiger partial charge in [-0.3, -0.25) is 9.59 Å². The number of nitrogens with one attached hydrogen (secondary N) is 1. The minimum atomic E-state index is -4.60. The number of rotatable bonds is 7. The van der Waals surface area contributed by atoms with E-state index in [-0.39, 0.29) is 23.9 Å². The van der Waals surface area contributed by atoms with Gasteiger partial charge in [-0.1, -0.05) is 29.3 Å². The molecule has 150 valence electrons. The summed E-state index contributed by atoms with van der Waals surface area (Å²) >= 11 is 5.68. The van der Waals surface area contributed by atoms with Crippen LogP contribution in [0.3, 0.4) is 0 Å². The van der Waals surface area contributed by atoms with Gasteiger partial charge in [0.1, 0.15) is 5.75 Å². The zero-order valence-corrected chi connectivity index (χ0v) is 15.4. The second-order valence-corrected chi connectivity index (χ2v) is 6.08. The lowest BCUT2D eigenvalue weighted by Gasteiger charge is -2.10. The number of benzene rings is 1. The lowest BCUT2D eigenvalue weighted by atomic mass is 10.2. The van der Waals surface area contributed by atoms with Gasteiger partial charge in [0, 0.05) is 6.20 Å². The van der Waals surface area contributed by atoms with Crippen LogP contribution in [0, 0.1) is 6.92 Å². The van der Waals surface area contributed by atoms with Crippen LogP contribution in [0.2, 0.25) is 5.02 Å². The van der Waals surface area contributed by atoms with Gasteiger partial charge in [-0.05, 0) is 25.1 Å². The number of anilines is 1. The third-order valence-corrected chi connectivity index (χ3v) is 3.67. The van der Waals surface area contributed by atoms with Crippen LogP contribution in [0.4, 0.5) is 19.0 Å². The molecular formula is C18H16ClF3N2O4. The molecule has 6 nitrogen and oxygen atoms in total. The Labute approximate surface area is 163 Å². The van der Waals surface area contributed by atoms with E-state index in [4.69, 9.17) is 21.1 Å². The van der Waals surface area contributed by atoms with Crippen molar-refractivity contribution in [3.05, 3.63) is 52.7 Å². The molecule has 0 radical (unpaired) electrons. The van der Waals surface area contributed by atoms with Gasteiger partial charge in [-0.2, -0.15) is 13.2 Å². The van der Waals surface area contributed by atoms with E-state index in [1.165, 1.54) is 0 Å². The van der Waals surface area contributed by atoms with Gasteiger partial charge >= 0.3 is 12.1 Å². The van der Waals surface area contributed by atoms with Crippen LogP contribution in [0.15, 0.2) is 36.5 Å². The first kappa shape index (κ1) is 21.5. The zero-order valence-electron chi connectivity index (χ0n) is 14.7. The molecule has 2 aromatic rings. The molecule has 1 N–H and O–H groups in total. The van der Waals surface area contributed by atoms with Crippen LogP contribution in [0.1, 0.15) is 17.5 Å². The molecule has 0 fully saturated rings. The Morgan fingerprint density at radius 3 is 2.50 bits per heavy atom. The van der Waals surface area contributed by atoms with Gasteiger partial charge in [0.25, 0.3) is 5.91 Å². The van der Waals surface area contributed by atoms with E-state index in [1.807, 2.05) is 19.1 Å².